The molecule has 0 bridgehead atoms. The van der Waals surface area contributed by atoms with Crippen LogP contribution < -0.4 is 0 Å². The first-order valence-corrected chi connectivity index (χ1v) is 13.0. The second-order valence-corrected chi connectivity index (χ2v) is 11.0. The lowest BCUT2D eigenvalue weighted by molar-refractivity contribution is -0.143. The number of hydrogen-bond acceptors (Lipinski definition) is 2. The third-order valence-electron chi connectivity index (χ3n) is 8.10. The summed E-state index contributed by atoms with van der Waals surface area (Å²) < 4.78 is 13.9. The zero-order valence-corrected chi connectivity index (χ0v) is 20.8. The Morgan fingerprint density at radius 2 is 1.69 bits per heavy atom. The molecule has 1 amide bonds. The van der Waals surface area contributed by atoms with Crippen molar-refractivity contribution in [2.75, 3.05) is 0 Å². The van der Waals surface area contributed by atoms with E-state index in [1.54, 1.807) is 12.1 Å². The van der Waals surface area contributed by atoms with Gasteiger partial charge in [0.15, 0.2) is 0 Å². The van der Waals surface area contributed by atoms with Crippen molar-refractivity contribution in [1.82, 2.24) is 9.88 Å². The van der Waals surface area contributed by atoms with E-state index in [-0.39, 0.29) is 23.2 Å². The SMILES string of the molecule is O=C(Cc1ccc(Cl)cc1)N(Cc1ccccc1)C1CC2(CC(c3ccnc4ccc(F)cc34)C2)C1. The third-order valence-corrected chi connectivity index (χ3v) is 8.35. The van der Waals surface area contributed by atoms with Gasteiger partial charge in [0.25, 0.3) is 0 Å². The molecule has 4 aromatic rings. The van der Waals surface area contributed by atoms with Gasteiger partial charge in [0.05, 0.1) is 11.9 Å². The van der Waals surface area contributed by atoms with Crippen molar-refractivity contribution >= 4 is 28.4 Å². The average Bonchev–Trinajstić information content (AvgIpc) is 2.83. The lowest BCUT2D eigenvalue weighted by Gasteiger charge is -2.60. The normalized spacial score (nSPS) is 22.7. The molecule has 1 aromatic heterocycles. The highest BCUT2D eigenvalue weighted by atomic mass is 35.5. The molecule has 3 nitrogen and oxygen atoms in total. The van der Waals surface area contributed by atoms with Crippen molar-refractivity contribution < 1.29 is 9.18 Å². The number of aromatic nitrogens is 1. The molecule has 182 valence electrons. The molecule has 0 radical (unpaired) electrons. The summed E-state index contributed by atoms with van der Waals surface area (Å²) in [5.41, 5.74) is 4.47. The minimum Gasteiger partial charge on any atom is -0.335 e. The second-order valence-electron chi connectivity index (χ2n) is 10.5. The van der Waals surface area contributed by atoms with Crippen LogP contribution in [0.4, 0.5) is 4.39 Å². The van der Waals surface area contributed by atoms with Gasteiger partial charge in [-0.25, -0.2) is 4.39 Å². The molecule has 0 atom stereocenters. The summed E-state index contributed by atoms with van der Waals surface area (Å²) in [5, 5.41) is 1.61. The van der Waals surface area contributed by atoms with Crippen molar-refractivity contribution in [1.29, 1.82) is 0 Å². The van der Waals surface area contributed by atoms with Crippen LogP contribution in [0.5, 0.6) is 0 Å². The maximum atomic E-state index is 13.9. The molecule has 2 aliphatic rings. The molecule has 3 aromatic carbocycles. The first kappa shape index (κ1) is 23.2. The van der Waals surface area contributed by atoms with Crippen LogP contribution in [0, 0.1) is 11.2 Å². The predicted octanol–water partition coefficient (Wildman–Crippen LogP) is 7.33. The molecular formula is C31H28ClFN2O. The molecule has 1 heterocycles. The predicted molar refractivity (Wildman–Crippen MR) is 141 cm³/mol. The number of rotatable bonds is 6. The number of carbonyl (C=O) groups excluding carboxylic acids is 1. The van der Waals surface area contributed by atoms with E-state index in [1.807, 2.05) is 54.7 Å². The Morgan fingerprint density at radius 3 is 2.44 bits per heavy atom. The topological polar surface area (TPSA) is 33.2 Å². The molecule has 0 saturated heterocycles. The Morgan fingerprint density at radius 1 is 0.944 bits per heavy atom. The maximum absolute atomic E-state index is 13.9. The number of halogens is 2. The molecule has 0 unspecified atom stereocenters. The molecule has 2 fully saturated rings. The van der Waals surface area contributed by atoms with E-state index >= 15 is 0 Å². The summed E-state index contributed by atoms with van der Waals surface area (Å²) in [4.78, 5) is 20.0. The molecule has 0 aliphatic heterocycles. The van der Waals surface area contributed by atoms with E-state index in [1.165, 1.54) is 11.6 Å². The number of pyridine rings is 1. The quantitative estimate of drug-likeness (QED) is 0.279. The zero-order valence-electron chi connectivity index (χ0n) is 20.0. The van der Waals surface area contributed by atoms with Gasteiger partial charge in [-0.15, -0.1) is 0 Å². The van der Waals surface area contributed by atoms with Gasteiger partial charge in [0.2, 0.25) is 5.91 Å². The molecule has 2 aliphatic carbocycles. The largest absolute Gasteiger partial charge is 0.335 e. The van der Waals surface area contributed by atoms with Crippen molar-refractivity contribution in [3.8, 4) is 0 Å². The van der Waals surface area contributed by atoms with Crippen LogP contribution in [-0.4, -0.2) is 21.8 Å². The number of carbonyl (C=O) groups is 1. The Labute approximate surface area is 215 Å². The van der Waals surface area contributed by atoms with Gasteiger partial charge >= 0.3 is 0 Å². The summed E-state index contributed by atoms with van der Waals surface area (Å²) in [7, 11) is 0. The lowest BCUT2D eigenvalue weighted by Crippen LogP contribution is -2.57. The van der Waals surface area contributed by atoms with Crippen LogP contribution in [0.2, 0.25) is 5.02 Å². The minimum atomic E-state index is -0.217. The first-order chi connectivity index (χ1) is 17.5. The summed E-state index contributed by atoms with van der Waals surface area (Å²) >= 11 is 6.03. The van der Waals surface area contributed by atoms with Gasteiger partial charge in [-0.2, -0.15) is 0 Å². The molecule has 6 rings (SSSR count). The second kappa shape index (κ2) is 9.33. The molecule has 1 spiro atoms. The van der Waals surface area contributed by atoms with E-state index in [4.69, 9.17) is 11.6 Å². The Hall–Kier alpha value is -3.24. The van der Waals surface area contributed by atoms with E-state index in [0.29, 0.717) is 23.9 Å². The van der Waals surface area contributed by atoms with E-state index in [2.05, 4.69) is 22.0 Å². The zero-order chi connectivity index (χ0) is 24.7. The third kappa shape index (κ3) is 4.51. The highest BCUT2D eigenvalue weighted by molar-refractivity contribution is 6.30. The Bertz CT molecular complexity index is 1390. The molecular weight excluding hydrogens is 471 g/mol. The molecule has 0 N–H and O–H groups in total. The van der Waals surface area contributed by atoms with Crippen molar-refractivity contribution in [3.63, 3.8) is 0 Å². The summed E-state index contributed by atoms with van der Waals surface area (Å²) in [6.07, 6.45) is 6.44. The fraction of sp³-hybridized carbons (Fsp3) is 0.290. The number of benzene rings is 3. The van der Waals surface area contributed by atoms with Gasteiger partial charge in [0.1, 0.15) is 5.82 Å². The monoisotopic (exact) mass is 498 g/mol. The first-order valence-electron chi connectivity index (χ1n) is 12.6. The highest BCUT2D eigenvalue weighted by Gasteiger charge is 2.55. The van der Waals surface area contributed by atoms with Crippen LogP contribution in [-0.2, 0) is 17.8 Å². The van der Waals surface area contributed by atoms with Gasteiger partial charge in [0, 0.05) is 29.2 Å². The summed E-state index contributed by atoms with van der Waals surface area (Å²) in [5.74, 6) is 0.364. The van der Waals surface area contributed by atoms with Gasteiger partial charge in [-0.1, -0.05) is 54.1 Å². The fourth-order valence-electron chi connectivity index (χ4n) is 6.27. The Balaban J connectivity index is 1.16. The van der Waals surface area contributed by atoms with E-state index in [0.717, 1.165) is 47.7 Å². The van der Waals surface area contributed by atoms with Crippen molar-refractivity contribution in [2.45, 2.75) is 50.6 Å². The summed E-state index contributed by atoms with van der Waals surface area (Å²) in [6, 6.07) is 24.9. The smallest absolute Gasteiger partial charge is 0.227 e. The van der Waals surface area contributed by atoms with Crippen LogP contribution in [0.1, 0.15) is 48.3 Å². The number of amides is 1. The van der Waals surface area contributed by atoms with Crippen LogP contribution in [0.3, 0.4) is 0 Å². The van der Waals surface area contributed by atoms with Crippen LogP contribution in [0.15, 0.2) is 85.1 Å². The summed E-state index contributed by atoms with van der Waals surface area (Å²) in [6.45, 7) is 0.631. The van der Waals surface area contributed by atoms with Crippen LogP contribution in [0.25, 0.3) is 10.9 Å². The lowest BCUT2D eigenvalue weighted by atomic mass is 9.48. The standard InChI is InChI=1S/C31H28ClFN2O/c32-24-8-6-21(7-9-24)14-30(36)35(20-22-4-2-1-3-5-22)26-18-31(19-26)16-23(17-31)27-12-13-34-29-11-10-25(33)15-28(27)29/h1-13,15,23,26H,14,16-20H2. The highest BCUT2D eigenvalue weighted by Crippen LogP contribution is 2.63. The van der Waals surface area contributed by atoms with Gasteiger partial charge in [-0.05, 0) is 90.1 Å². The van der Waals surface area contributed by atoms with Crippen LogP contribution >= 0.6 is 11.6 Å². The van der Waals surface area contributed by atoms with Crippen molar-refractivity contribution in [2.24, 2.45) is 5.41 Å². The number of nitrogens with zero attached hydrogens (tertiary/aromatic N) is 2. The van der Waals surface area contributed by atoms with E-state index < -0.39 is 0 Å². The molecule has 2 saturated carbocycles. The van der Waals surface area contributed by atoms with Gasteiger partial charge < -0.3 is 4.90 Å². The van der Waals surface area contributed by atoms with Crippen molar-refractivity contribution in [3.05, 3.63) is 113 Å². The molecule has 36 heavy (non-hydrogen) atoms. The molecule has 5 heteroatoms. The number of hydrogen-bond donors (Lipinski definition) is 0. The number of fused-ring (bicyclic) bond motifs is 1. The van der Waals surface area contributed by atoms with Gasteiger partial charge in [-0.3, -0.25) is 9.78 Å². The average molecular weight is 499 g/mol. The van der Waals surface area contributed by atoms with E-state index in [9.17, 15) is 9.18 Å². The Kier molecular flexibility index (Phi) is 6.00. The fourth-order valence-corrected chi connectivity index (χ4v) is 6.40. The maximum Gasteiger partial charge on any atom is 0.227 e. The minimum absolute atomic E-state index is 0.160.